The van der Waals surface area contributed by atoms with Gasteiger partial charge in [-0.15, -0.1) is 0 Å². The van der Waals surface area contributed by atoms with Crippen LogP contribution in [0.1, 0.15) is 17.3 Å². The molecule has 1 amide bonds. The van der Waals surface area contributed by atoms with Crippen molar-refractivity contribution >= 4 is 17.6 Å². The van der Waals surface area contributed by atoms with Crippen LogP contribution in [0.5, 0.6) is 0 Å². The van der Waals surface area contributed by atoms with Gasteiger partial charge in [0.25, 0.3) is 11.6 Å². The summed E-state index contributed by atoms with van der Waals surface area (Å²) in [4.78, 5) is 33.0. The molecule has 0 radical (unpaired) electrons. The number of hydrogen-bond donors (Lipinski definition) is 1. The third-order valence-electron chi connectivity index (χ3n) is 2.25. The maximum atomic E-state index is 11.8. The maximum Gasteiger partial charge on any atom is 0.328 e. The lowest BCUT2D eigenvalue weighted by atomic mass is 10.1. The second-order valence-corrected chi connectivity index (χ2v) is 3.49. The van der Waals surface area contributed by atoms with E-state index in [1.165, 1.54) is 38.3 Å². The standard InChI is InChI=1S/C11H12N2O5/c1-7(11(15)18-2)12-10(14)8-5-3-4-6-9(8)13(16)17/h3-7H,1-2H3,(H,12,14)/t7-/m1/s1. The number of para-hydroxylation sites is 1. The van der Waals surface area contributed by atoms with Gasteiger partial charge in [0.05, 0.1) is 12.0 Å². The molecule has 0 unspecified atom stereocenters. The fourth-order valence-corrected chi connectivity index (χ4v) is 1.33. The van der Waals surface area contributed by atoms with Gasteiger partial charge >= 0.3 is 5.97 Å². The van der Waals surface area contributed by atoms with Crippen LogP contribution in [0.15, 0.2) is 24.3 Å². The van der Waals surface area contributed by atoms with E-state index in [1.807, 2.05) is 0 Å². The molecule has 0 spiro atoms. The lowest BCUT2D eigenvalue weighted by molar-refractivity contribution is -0.385. The fourth-order valence-electron chi connectivity index (χ4n) is 1.33. The van der Waals surface area contributed by atoms with E-state index in [0.717, 1.165) is 0 Å². The smallest absolute Gasteiger partial charge is 0.328 e. The summed E-state index contributed by atoms with van der Waals surface area (Å²) < 4.78 is 4.44. The SMILES string of the molecule is COC(=O)[C@@H](C)NC(=O)c1ccccc1[N+](=O)[O-]. The first-order valence-electron chi connectivity index (χ1n) is 5.09. The van der Waals surface area contributed by atoms with Crippen molar-refractivity contribution in [1.82, 2.24) is 5.32 Å². The van der Waals surface area contributed by atoms with Gasteiger partial charge in [0.2, 0.25) is 0 Å². The predicted octanol–water partition coefficient (Wildman–Crippen LogP) is 0.886. The van der Waals surface area contributed by atoms with E-state index in [0.29, 0.717) is 0 Å². The molecule has 0 fully saturated rings. The molecule has 7 heteroatoms. The van der Waals surface area contributed by atoms with Crippen LogP contribution in [0.2, 0.25) is 0 Å². The van der Waals surface area contributed by atoms with Gasteiger partial charge in [-0.3, -0.25) is 14.9 Å². The van der Waals surface area contributed by atoms with Gasteiger partial charge in [0, 0.05) is 6.07 Å². The predicted molar refractivity (Wildman–Crippen MR) is 62.0 cm³/mol. The fraction of sp³-hybridized carbons (Fsp3) is 0.273. The molecule has 0 saturated heterocycles. The van der Waals surface area contributed by atoms with Gasteiger partial charge in [-0.2, -0.15) is 0 Å². The minimum absolute atomic E-state index is 0.0988. The highest BCUT2D eigenvalue weighted by Gasteiger charge is 2.22. The number of ether oxygens (including phenoxy) is 1. The van der Waals surface area contributed by atoms with Crippen molar-refractivity contribution in [3.05, 3.63) is 39.9 Å². The summed E-state index contributed by atoms with van der Waals surface area (Å²) in [6.07, 6.45) is 0. The number of nitro groups is 1. The zero-order valence-electron chi connectivity index (χ0n) is 9.88. The maximum absolute atomic E-state index is 11.8. The van der Waals surface area contributed by atoms with Crippen LogP contribution in [-0.4, -0.2) is 30.0 Å². The number of methoxy groups -OCH3 is 1. The van der Waals surface area contributed by atoms with Crippen molar-refractivity contribution in [3.8, 4) is 0 Å². The van der Waals surface area contributed by atoms with Crippen molar-refractivity contribution in [3.63, 3.8) is 0 Å². The number of carbonyl (C=O) groups is 2. The first-order chi connectivity index (χ1) is 8.47. The average molecular weight is 252 g/mol. The molecule has 0 aliphatic heterocycles. The van der Waals surface area contributed by atoms with Crippen LogP contribution in [0.3, 0.4) is 0 Å². The molecule has 1 N–H and O–H groups in total. The van der Waals surface area contributed by atoms with Crippen LogP contribution in [0.4, 0.5) is 5.69 Å². The number of nitro benzene ring substituents is 1. The van der Waals surface area contributed by atoms with E-state index in [9.17, 15) is 19.7 Å². The van der Waals surface area contributed by atoms with E-state index in [-0.39, 0.29) is 11.3 Å². The summed E-state index contributed by atoms with van der Waals surface area (Å²) in [7, 11) is 1.19. The molecule has 0 aliphatic rings. The molecular weight excluding hydrogens is 240 g/mol. The quantitative estimate of drug-likeness (QED) is 0.487. The Balaban J connectivity index is 2.91. The second kappa shape index (κ2) is 5.76. The topological polar surface area (TPSA) is 98.5 Å². The van der Waals surface area contributed by atoms with E-state index < -0.39 is 22.8 Å². The summed E-state index contributed by atoms with van der Waals surface area (Å²) in [5.41, 5.74) is -0.412. The third kappa shape index (κ3) is 3.03. The molecule has 0 saturated carbocycles. The molecule has 0 aliphatic carbocycles. The minimum atomic E-state index is -0.873. The van der Waals surface area contributed by atoms with E-state index in [2.05, 4.69) is 10.1 Å². The molecule has 1 atom stereocenters. The van der Waals surface area contributed by atoms with Gasteiger partial charge in [0.1, 0.15) is 11.6 Å². The van der Waals surface area contributed by atoms with Crippen molar-refractivity contribution in [2.24, 2.45) is 0 Å². The number of benzene rings is 1. The van der Waals surface area contributed by atoms with Gasteiger partial charge in [0.15, 0.2) is 0 Å². The van der Waals surface area contributed by atoms with Crippen molar-refractivity contribution in [2.45, 2.75) is 13.0 Å². The summed E-state index contributed by atoms with van der Waals surface area (Å²) in [5, 5.41) is 13.1. The highest BCUT2D eigenvalue weighted by Crippen LogP contribution is 2.17. The summed E-state index contributed by atoms with van der Waals surface area (Å²) in [5.74, 6) is -1.32. The molecular formula is C11H12N2O5. The Hall–Kier alpha value is -2.44. The average Bonchev–Trinajstić information content (AvgIpc) is 2.37. The van der Waals surface area contributed by atoms with Crippen LogP contribution >= 0.6 is 0 Å². The van der Waals surface area contributed by atoms with E-state index >= 15 is 0 Å². The van der Waals surface area contributed by atoms with Crippen molar-refractivity contribution in [2.75, 3.05) is 7.11 Å². The summed E-state index contributed by atoms with van der Waals surface area (Å²) in [6.45, 7) is 1.43. The van der Waals surface area contributed by atoms with Gasteiger partial charge < -0.3 is 10.1 Å². The Kier molecular flexibility index (Phi) is 4.36. The minimum Gasteiger partial charge on any atom is -0.467 e. The molecule has 0 aromatic heterocycles. The number of carbonyl (C=O) groups excluding carboxylic acids is 2. The molecule has 1 aromatic carbocycles. The van der Waals surface area contributed by atoms with Gasteiger partial charge in [-0.1, -0.05) is 12.1 Å². The second-order valence-electron chi connectivity index (χ2n) is 3.49. The van der Waals surface area contributed by atoms with Crippen LogP contribution in [-0.2, 0) is 9.53 Å². The molecule has 0 heterocycles. The Bertz CT molecular complexity index is 486. The Labute approximate surface area is 103 Å². The molecule has 18 heavy (non-hydrogen) atoms. The Morgan fingerprint density at radius 3 is 2.56 bits per heavy atom. The molecule has 0 bridgehead atoms. The lowest BCUT2D eigenvalue weighted by Gasteiger charge is -2.11. The summed E-state index contributed by atoms with van der Waals surface area (Å²) >= 11 is 0. The largest absolute Gasteiger partial charge is 0.467 e. The zero-order chi connectivity index (χ0) is 13.7. The molecule has 1 aromatic rings. The van der Waals surface area contributed by atoms with E-state index in [4.69, 9.17) is 0 Å². The summed E-state index contributed by atoms with van der Waals surface area (Å²) in [6, 6.07) is 4.63. The number of esters is 1. The monoisotopic (exact) mass is 252 g/mol. The molecule has 1 rings (SSSR count). The van der Waals surface area contributed by atoms with Crippen molar-refractivity contribution in [1.29, 1.82) is 0 Å². The van der Waals surface area contributed by atoms with Gasteiger partial charge in [-0.25, -0.2) is 4.79 Å². The number of rotatable bonds is 4. The number of amides is 1. The Morgan fingerprint density at radius 1 is 1.39 bits per heavy atom. The first kappa shape index (κ1) is 13.6. The first-order valence-corrected chi connectivity index (χ1v) is 5.09. The van der Waals surface area contributed by atoms with Gasteiger partial charge in [-0.05, 0) is 13.0 Å². The lowest BCUT2D eigenvalue weighted by Crippen LogP contribution is -2.39. The van der Waals surface area contributed by atoms with E-state index in [1.54, 1.807) is 0 Å². The van der Waals surface area contributed by atoms with Crippen LogP contribution in [0, 0.1) is 10.1 Å². The highest BCUT2D eigenvalue weighted by atomic mass is 16.6. The molecule has 7 nitrogen and oxygen atoms in total. The number of nitrogens with one attached hydrogen (secondary N) is 1. The molecule has 96 valence electrons. The number of hydrogen-bond acceptors (Lipinski definition) is 5. The normalized spacial score (nSPS) is 11.4. The zero-order valence-corrected chi connectivity index (χ0v) is 9.88. The van der Waals surface area contributed by atoms with Crippen LogP contribution < -0.4 is 5.32 Å². The van der Waals surface area contributed by atoms with Crippen molar-refractivity contribution < 1.29 is 19.2 Å². The number of nitrogens with zero attached hydrogens (tertiary/aromatic N) is 1. The Morgan fingerprint density at radius 2 is 2.00 bits per heavy atom. The third-order valence-corrected chi connectivity index (χ3v) is 2.25. The highest BCUT2D eigenvalue weighted by molar-refractivity contribution is 5.99. The van der Waals surface area contributed by atoms with Crippen LogP contribution in [0.25, 0.3) is 0 Å².